The Morgan fingerprint density at radius 1 is 0.761 bits per heavy atom. The highest BCUT2D eigenvalue weighted by atomic mass is 127. The number of nitrogens with zero attached hydrogens (tertiary/aromatic N) is 3. The van der Waals surface area contributed by atoms with E-state index in [9.17, 15) is 63.5 Å². The molecule has 0 aliphatic heterocycles. The van der Waals surface area contributed by atoms with Gasteiger partial charge in [-0.1, -0.05) is 0 Å². The summed E-state index contributed by atoms with van der Waals surface area (Å²) in [6.45, 7) is -2.66. The average Bonchev–Trinajstić information content (AvgIpc) is 2.88. The Morgan fingerprint density at radius 3 is 1.57 bits per heavy atom. The Hall–Kier alpha value is -1.91. The number of rotatable bonds is 20. The molecule has 0 amide bonds. The predicted octanol–water partition coefficient (Wildman–Crippen LogP) is 1.74. The van der Waals surface area contributed by atoms with Crippen LogP contribution in [0.3, 0.4) is 0 Å². The zero-order valence-corrected chi connectivity index (χ0v) is 30.0. The fraction of sp³-hybridized carbons (Fsp3) is 0.400. The van der Waals surface area contributed by atoms with Crippen LogP contribution in [0.25, 0.3) is 0 Å². The number of hydrogen-bond donors (Lipinski definition) is 8. The molecule has 0 aliphatic carbocycles. The first kappa shape index (κ1) is 40.3. The van der Waals surface area contributed by atoms with E-state index < -0.39 is 64.8 Å². The fourth-order valence-electron chi connectivity index (χ4n) is 4.32. The maximum absolute atomic E-state index is 12.6. The zero-order valence-electron chi connectivity index (χ0n) is 23.9. The van der Waals surface area contributed by atoms with Crippen molar-refractivity contribution in [3.8, 4) is 17.2 Å². The molecule has 17 nitrogen and oxygen atoms in total. The van der Waals surface area contributed by atoms with Gasteiger partial charge >= 0.3 is 33.1 Å². The number of carbonyl (C=O) groups is 3. The Bertz CT molecular complexity index is 1400. The average molecular weight is 915 g/mol. The number of carboxylic acids is 3. The van der Waals surface area contributed by atoms with Gasteiger partial charge in [0.05, 0.1) is 20.2 Å². The van der Waals surface area contributed by atoms with Gasteiger partial charge in [0, 0.05) is 26.2 Å². The molecular formula is C25H33I2N3O14P2. The van der Waals surface area contributed by atoms with Crippen molar-refractivity contribution in [1.29, 1.82) is 0 Å². The van der Waals surface area contributed by atoms with Crippen molar-refractivity contribution < 1.29 is 68.3 Å². The lowest BCUT2D eigenvalue weighted by Gasteiger charge is -2.33. The summed E-state index contributed by atoms with van der Waals surface area (Å²) >= 11 is 4.02. The van der Waals surface area contributed by atoms with E-state index in [2.05, 4.69) is 0 Å². The number of benzene rings is 2. The summed E-state index contributed by atoms with van der Waals surface area (Å²) in [5, 5.41) is 38.2. The molecule has 2 aromatic rings. The molecule has 1 atom stereocenters. The first-order chi connectivity index (χ1) is 21.2. The van der Waals surface area contributed by atoms with Crippen molar-refractivity contribution in [2.75, 3.05) is 51.8 Å². The van der Waals surface area contributed by atoms with Crippen LogP contribution in [-0.2, 0) is 29.9 Å². The zero-order chi connectivity index (χ0) is 34.8. The first-order valence-corrected chi connectivity index (χ1v) is 18.9. The monoisotopic (exact) mass is 915 g/mol. The highest BCUT2D eigenvalue weighted by molar-refractivity contribution is 14.1. The number of halogens is 2. The van der Waals surface area contributed by atoms with Crippen LogP contribution < -0.4 is 4.74 Å². The van der Waals surface area contributed by atoms with Crippen LogP contribution in [0.5, 0.6) is 17.2 Å². The Labute approximate surface area is 290 Å². The topological polar surface area (TPSA) is 266 Å². The van der Waals surface area contributed by atoms with Crippen molar-refractivity contribution in [1.82, 2.24) is 14.7 Å². The molecule has 0 heterocycles. The predicted molar refractivity (Wildman–Crippen MR) is 179 cm³/mol. The van der Waals surface area contributed by atoms with Crippen molar-refractivity contribution in [2.24, 2.45) is 0 Å². The van der Waals surface area contributed by atoms with Gasteiger partial charge in [-0.25, -0.2) is 0 Å². The summed E-state index contributed by atoms with van der Waals surface area (Å²) in [6, 6.07) is 8.05. The number of ether oxygens (including phenoxy) is 1. The van der Waals surface area contributed by atoms with Crippen LogP contribution in [0.4, 0.5) is 0 Å². The maximum atomic E-state index is 12.6. The Morgan fingerprint density at radius 2 is 1.20 bits per heavy atom. The van der Waals surface area contributed by atoms with Gasteiger partial charge < -0.3 is 44.7 Å². The lowest BCUT2D eigenvalue weighted by atomic mass is 10.0. The third-order valence-corrected chi connectivity index (χ3v) is 9.30. The standard InChI is InChI=1S/C25H33I2N3O14P2/c26-19-9-16(10-20(27)24(19)44-18-3-1-17(31)2-4-18)11-21(25(36)37)30(7-5-28(12-22(32)33)14-45(38,39)40)8-6-29(13-23(34)35)15-46(41,42)43/h1-4,9-10,21,31H,5-8,11-15H2,(H,32,33)(H,34,35)(H,36,37)(H2,38,39,40)(H2,41,42,43). The molecule has 21 heteroatoms. The minimum atomic E-state index is -4.71. The molecule has 46 heavy (non-hydrogen) atoms. The third kappa shape index (κ3) is 15.3. The summed E-state index contributed by atoms with van der Waals surface area (Å²) in [7, 11) is -9.42. The van der Waals surface area contributed by atoms with Crippen molar-refractivity contribution in [3.05, 3.63) is 49.1 Å². The number of aliphatic carboxylic acids is 3. The number of phenols is 1. The second-order valence-electron chi connectivity index (χ2n) is 10.1. The lowest BCUT2D eigenvalue weighted by molar-refractivity contribution is -0.144. The van der Waals surface area contributed by atoms with Crippen molar-refractivity contribution in [2.45, 2.75) is 12.5 Å². The molecule has 0 fully saturated rings. The number of aromatic hydroxyl groups is 1. The molecule has 0 saturated carbocycles. The maximum Gasteiger partial charge on any atom is 0.339 e. The van der Waals surface area contributed by atoms with Crippen LogP contribution in [0.15, 0.2) is 36.4 Å². The van der Waals surface area contributed by atoms with Crippen LogP contribution in [0.1, 0.15) is 5.56 Å². The van der Waals surface area contributed by atoms with Crippen molar-refractivity contribution in [3.63, 3.8) is 0 Å². The smallest absolute Gasteiger partial charge is 0.339 e. The van der Waals surface area contributed by atoms with Crippen LogP contribution in [0, 0.1) is 7.14 Å². The van der Waals surface area contributed by atoms with E-state index in [1.807, 2.05) is 45.2 Å². The molecule has 0 aliphatic rings. The van der Waals surface area contributed by atoms with Gasteiger partial charge in [0.25, 0.3) is 0 Å². The largest absolute Gasteiger partial charge is 0.508 e. The molecule has 0 aromatic heterocycles. The molecule has 0 bridgehead atoms. The van der Waals surface area contributed by atoms with E-state index >= 15 is 0 Å². The third-order valence-electron chi connectivity index (χ3n) is 6.16. The minimum absolute atomic E-state index is 0.0528. The van der Waals surface area contributed by atoms with E-state index in [1.165, 1.54) is 17.0 Å². The van der Waals surface area contributed by atoms with Gasteiger partial charge in [0.1, 0.15) is 30.1 Å². The van der Waals surface area contributed by atoms with Gasteiger partial charge in [0.15, 0.2) is 5.75 Å². The SMILES string of the molecule is O=C(O)CN(CCN(CCN(CC(=O)O)CP(=O)(O)O)C(Cc1cc(I)c(Oc2ccc(O)cc2)c(I)c1)C(=O)O)CP(=O)(O)O. The first-order valence-electron chi connectivity index (χ1n) is 13.1. The molecule has 0 spiro atoms. The van der Waals surface area contributed by atoms with E-state index in [0.29, 0.717) is 24.2 Å². The van der Waals surface area contributed by atoms with Crippen LogP contribution in [0.2, 0.25) is 0 Å². The van der Waals surface area contributed by atoms with Gasteiger partial charge in [-0.15, -0.1) is 0 Å². The van der Waals surface area contributed by atoms with E-state index in [-0.39, 0.29) is 38.3 Å². The van der Waals surface area contributed by atoms with E-state index in [1.54, 1.807) is 24.3 Å². The summed E-state index contributed by atoms with van der Waals surface area (Å²) in [4.78, 5) is 76.1. The summed E-state index contributed by atoms with van der Waals surface area (Å²) in [5.74, 6) is -3.13. The summed E-state index contributed by atoms with van der Waals surface area (Å²) in [6.07, 6.45) is -1.98. The minimum Gasteiger partial charge on any atom is -0.508 e. The van der Waals surface area contributed by atoms with Gasteiger partial charge in [0.2, 0.25) is 0 Å². The second-order valence-corrected chi connectivity index (χ2v) is 15.6. The lowest BCUT2D eigenvalue weighted by Crippen LogP contribution is -2.50. The Kier molecular flexibility index (Phi) is 15.8. The van der Waals surface area contributed by atoms with Crippen LogP contribution >= 0.6 is 60.4 Å². The summed E-state index contributed by atoms with van der Waals surface area (Å²) < 4.78 is 30.4. The molecule has 0 radical (unpaired) electrons. The van der Waals surface area contributed by atoms with Crippen LogP contribution in [-0.4, -0.2) is 130 Å². The van der Waals surface area contributed by atoms with Crippen molar-refractivity contribution >= 4 is 78.3 Å². The molecule has 256 valence electrons. The molecule has 0 saturated heterocycles. The number of phenolic OH excluding ortho intramolecular Hbond substituents is 1. The number of hydrogen-bond acceptors (Lipinski definition) is 10. The van der Waals surface area contributed by atoms with Gasteiger partial charge in [-0.3, -0.25) is 38.2 Å². The molecule has 2 rings (SSSR count). The van der Waals surface area contributed by atoms with Gasteiger partial charge in [-0.05, 0) is 93.6 Å². The van der Waals surface area contributed by atoms with E-state index in [4.69, 9.17) is 4.74 Å². The Balaban J connectivity index is 2.40. The van der Waals surface area contributed by atoms with E-state index in [0.717, 1.165) is 9.80 Å². The summed E-state index contributed by atoms with van der Waals surface area (Å²) in [5.41, 5.74) is 0.541. The normalized spacial score (nSPS) is 12.9. The second kappa shape index (κ2) is 18.0. The quantitative estimate of drug-likeness (QED) is 0.0695. The molecule has 2 aromatic carbocycles. The molecular weight excluding hydrogens is 882 g/mol. The fourth-order valence-corrected chi connectivity index (χ4v) is 7.96. The molecule has 1 unspecified atom stereocenters. The highest BCUT2D eigenvalue weighted by Gasteiger charge is 2.30. The highest BCUT2D eigenvalue weighted by Crippen LogP contribution is 2.36. The number of carboxylic acid groups (broad SMARTS) is 3. The molecule has 8 N–H and O–H groups in total. The van der Waals surface area contributed by atoms with Gasteiger partial charge in [-0.2, -0.15) is 0 Å².